The molecule has 6 heteroatoms. The van der Waals surface area contributed by atoms with Gasteiger partial charge in [-0.1, -0.05) is 42.8 Å². The lowest BCUT2D eigenvalue weighted by atomic mass is 10.1. The van der Waals surface area contributed by atoms with Crippen LogP contribution in [0.3, 0.4) is 0 Å². The third-order valence-corrected chi connectivity index (χ3v) is 5.17. The molecular weight excluding hydrogens is 372 g/mol. The number of esters is 1. The summed E-state index contributed by atoms with van der Waals surface area (Å²) in [6.45, 7) is 5.59. The summed E-state index contributed by atoms with van der Waals surface area (Å²) in [5.41, 5.74) is 4.09. The average Bonchev–Trinajstić information content (AvgIpc) is 3.15. The first-order chi connectivity index (χ1) is 13.5. The number of aromatic nitrogens is 1. The first-order valence-corrected chi connectivity index (χ1v) is 9.94. The van der Waals surface area contributed by atoms with E-state index in [4.69, 9.17) is 4.74 Å². The summed E-state index contributed by atoms with van der Waals surface area (Å²) in [5.74, 6) is -0.507. The van der Waals surface area contributed by atoms with Gasteiger partial charge in [0.25, 0.3) is 0 Å². The molecular formula is C22H22N2O3S. The lowest BCUT2D eigenvalue weighted by molar-refractivity contribution is -0.115. The summed E-state index contributed by atoms with van der Waals surface area (Å²) in [4.78, 5) is 30.6. The van der Waals surface area contributed by atoms with E-state index in [1.54, 1.807) is 17.0 Å². The number of carbonyl (C=O) groups excluding carboxylic acids is 2. The molecule has 0 spiro atoms. The number of hydrogen-bond acceptors (Lipinski definition) is 5. The highest BCUT2D eigenvalue weighted by molar-refractivity contribution is 7.14. The Labute approximate surface area is 168 Å². The van der Waals surface area contributed by atoms with Crippen LogP contribution in [-0.2, 0) is 22.6 Å². The predicted octanol–water partition coefficient (Wildman–Crippen LogP) is 5.06. The molecule has 0 saturated heterocycles. The van der Waals surface area contributed by atoms with E-state index in [2.05, 4.69) is 11.9 Å². The van der Waals surface area contributed by atoms with E-state index in [-0.39, 0.29) is 12.5 Å². The molecule has 3 aromatic rings. The number of para-hydroxylation sites is 1. The Morgan fingerprint density at radius 1 is 1.11 bits per heavy atom. The van der Waals surface area contributed by atoms with Crippen molar-refractivity contribution in [3.8, 4) is 0 Å². The Bertz CT molecular complexity index is 979. The Morgan fingerprint density at radius 3 is 2.50 bits per heavy atom. The summed E-state index contributed by atoms with van der Waals surface area (Å²) in [6.07, 6.45) is 0.812. The van der Waals surface area contributed by atoms with Gasteiger partial charge in [-0.15, -0.1) is 11.3 Å². The predicted molar refractivity (Wildman–Crippen MR) is 111 cm³/mol. The lowest BCUT2D eigenvalue weighted by Crippen LogP contribution is -2.23. The molecule has 0 unspecified atom stereocenters. The van der Waals surface area contributed by atoms with E-state index in [0.717, 1.165) is 23.2 Å². The maximum atomic E-state index is 12.3. The summed E-state index contributed by atoms with van der Waals surface area (Å²) < 4.78 is 5.36. The number of rotatable bonds is 6. The van der Waals surface area contributed by atoms with Crippen molar-refractivity contribution < 1.29 is 14.3 Å². The molecule has 0 bridgehead atoms. The standard InChI is InChI=1S/C22H22N2O3S/c1-4-17-7-5-6-8-20(17)24(16(3)25)22-23-19(14-28-22)13-27-21(26)18-11-9-15(2)10-12-18/h5-12,14H,4,13H2,1-3H3. The van der Waals surface area contributed by atoms with Crippen LogP contribution in [0, 0.1) is 6.92 Å². The number of anilines is 2. The monoisotopic (exact) mass is 394 g/mol. The second-order valence-corrected chi connectivity index (χ2v) is 7.24. The van der Waals surface area contributed by atoms with Gasteiger partial charge in [-0.25, -0.2) is 9.78 Å². The Morgan fingerprint density at radius 2 is 1.82 bits per heavy atom. The van der Waals surface area contributed by atoms with Gasteiger partial charge in [0.1, 0.15) is 6.61 Å². The zero-order chi connectivity index (χ0) is 20.1. The minimum absolute atomic E-state index is 0.0599. The second kappa shape index (κ2) is 8.80. The molecule has 2 aromatic carbocycles. The number of benzene rings is 2. The van der Waals surface area contributed by atoms with Gasteiger partial charge in [0.15, 0.2) is 5.13 Å². The Balaban J connectivity index is 1.75. The van der Waals surface area contributed by atoms with Crippen molar-refractivity contribution in [1.82, 2.24) is 4.98 Å². The molecule has 0 N–H and O–H groups in total. The first-order valence-electron chi connectivity index (χ1n) is 9.06. The SMILES string of the molecule is CCc1ccccc1N(C(C)=O)c1nc(COC(=O)c2ccc(C)cc2)cs1. The maximum Gasteiger partial charge on any atom is 0.338 e. The number of amides is 1. The van der Waals surface area contributed by atoms with Crippen molar-refractivity contribution in [1.29, 1.82) is 0 Å². The zero-order valence-electron chi connectivity index (χ0n) is 16.1. The van der Waals surface area contributed by atoms with Gasteiger partial charge in [0, 0.05) is 12.3 Å². The summed E-state index contributed by atoms with van der Waals surface area (Å²) in [7, 11) is 0. The van der Waals surface area contributed by atoms with Gasteiger partial charge in [0.05, 0.1) is 16.9 Å². The van der Waals surface area contributed by atoms with Crippen molar-refractivity contribution in [3.05, 3.63) is 76.3 Å². The van der Waals surface area contributed by atoms with Crippen LogP contribution < -0.4 is 4.90 Å². The topological polar surface area (TPSA) is 59.5 Å². The summed E-state index contributed by atoms with van der Waals surface area (Å²) in [5, 5.41) is 2.37. The van der Waals surface area contributed by atoms with Gasteiger partial charge in [-0.05, 0) is 37.1 Å². The molecule has 28 heavy (non-hydrogen) atoms. The van der Waals surface area contributed by atoms with Crippen LogP contribution in [0.2, 0.25) is 0 Å². The number of carbonyl (C=O) groups is 2. The largest absolute Gasteiger partial charge is 0.456 e. The minimum atomic E-state index is -0.394. The van der Waals surface area contributed by atoms with Crippen molar-refractivity contribution in [3.63, 3.8) is 0 Å². The molecule has 0 aliphatic heterocycles. The molecule has 0 aliphatic carbocycles. The van der Waals surface area contributed by atoms with Crippen molar-refractivity contribution >= 4 is 34.0 Å². The third kappa shape index (κ3) is 4.46. The van der Waals surface area contributed by atoms with Gasteiger partial charge in [0.2, 0.25) is 5.91 Å². The zero-order valence-corrected chi connectivity index (χ0v) is 17.0. The molecule has 0 fully saturated rings. The van der Waals surface area contributed by atoms with E-state index >= 15 is 0 Å². The van der Waals surface area contributed by atoms with Crippen LogP contribution in [0.5, 0.6) is 0 Å². The van der Waals surface area contributed by atoms with Crippen molar-refractivity contribution in [2.24, 2.45) is 0 Å². The molecule has 0 radical (unpaired) electrons. The van der Waals surface area contributed by atoms with Crippen LogP contribution in [0.25, 0.3) is 0 Å². The van der Waals surface area contributed by atoms with Crippen LogP contribution in [-0.4, -0.2) is 16.9 Å². The van der Waals surface area contributed by atoms with Crippen LogP contribution in [0.4, 0.5) is 10.8 Å². The van der Waals surface area contributed by atoms with E-state index in [0.29, 0.717) is 16.4 Å². The second-order valence-electron chi connectivity index (χ2n) is 6.40. The fourth-order valence-corrected chi connectivity index (χ4v) is 3.68. The molecule has 0 aliphatic rings. The van der Waals surface area contributed by atoms with Crippen LogP contribution in [0.1, 0.15) is 41.0 Å². The molecule has 1 aromatic heterocycles. The van der Waals surface area contributed by atoms with Crippen molar-refractivity contribution in [2.45, 2.75) is 33.8 Å². The van der Waals surface area contributed by atoms with Gasteiger partial charge in [-0.3, -0.25) is 9.69 Å². The average molecular weight is 394 g/mol. The maximum absolute atomic E-state index is 12.3. The summed E-state index contributed by atoms with van der Waals surface area (Å²) >= 11 is 1.35. The molecule has 0 saturated carbocycles. The number of nitrogens with zero attached hydrogens (tertiary/aromatic N) is 2. The molecule has 3 rings (SSSR count). The highest BCUT2D eigenvalue weighted by Crippen LogP contribution is 2.31. The van der Waals surface area contributed by atoms with Gasteiger partial charge >= 0.3 is 5.97 Å². The highest BCUT2D eigenvalue weighted by Gasteiger charge is 2.20. The molecule has 1 heterocycles. The molecule has 0 atom stereocenters. The number of aryl methyl sites for hydroxylation is 2. The fourth-order valence-electron chi connectivity index (χ4n) is 2.81. The normalized spacial score (nSPS) is 10.5. The number of thiazole rings is 1. The molecule has 1 amide bonds. The summed E-state index contributed by atoms with van der Waals surface area (Å²) in [6, 6.07) is 15.0. The van der Waals surface area contributed by atoms with Crippen molar-refractivity contribution in [2.75, 3.05) is 4.90 Å². The van der Waals surface area contributed by atoms with E-state index in [1.165, 1.54) is 18.3 Å². The van der Waals surface area contributed by atoms with E-state index in [9.17, 15) is 9.59 Å². The van der Waals surface area contributed by atoms with E-state index in [1.807, 2.05) is 48.7 Å². The Kier molecular flexibility index (Phi) is 6.21. The van der Waals surface area contributed by atoms with Crippen LogP contribution in [0.15, 0.2) is 53.9 Å². The fraction of sp³-hybridized carbons (Fsp3) is 0.227. The molecule has 5 nitrogen and oxygen atoms in total. The number of hydrogen-bond donors (Lipinski definition) is 0. The van der Waals surface area contributed by atoms with Crippen LogP contribution >= 0.6 is 11.3 Å². The smallest absolute Gasteiger partial charge is 0.338 e. The number of ether oxygens (including phenoxy) is 1. The van der Waals surface area contributed by atoms with E-state index < -0.39 is 5.97 Å². The Hall–Kier alpha value is -2.99. The highest BCUT2D eigenvalue weighted by atomic mass is 32.1. The third-order valence-electron chi connectivity index (χ3n) is 4.30. The lowest BCUT2D eigenvalue weighted by Gasteiger charge is -2.20. The quantitative estimate of drug-likeness (QED) is 0.549. The molecule has 144 valence electrons. The minimum Gasteiger partial charge on any atom is -0.456 e. The first kappa shape index (κ1) is 19.8. The van der Waals surface area contributed by atoms with Gasteiger partial charge in [-0.2, -0.15) is 0 Å². The van der Waals surface area contributed by atoms with Gasteiger partial charge < -0.3 is 4.74 Å².